The SMILES string of the molecule is CCCCC1(CCCC)OCC(C)(CO)CO1. The second kappa shape index (κ2) is 6.72. The van der Waals surface area contributed by atoms with Crippen molar-refractivity contribution in [2.75, 3.05) is 19.8 Å². The smallest absolute Gasteiger partial charge is 0.168 e. The summed E-state index contributed by atoms with van der Waals surface area (Å²) in [7, 11) is 0. The van der Waals surface area contributed by atoms with E-state index in [0.717, 1.165) is 38.5 Å². The lowest BCUT2D eigenvalue weighted by atomic mass is 9.91. The Bertz CT molecular complexity index is 198. The molecule has 0 aromatic heterocycles. The van der Waals surface area contributed by atoms with Gasteiger partial charge in [-0.1, -0.05) is 33.6 Å². The first-order valence-corrected chi connectivity index (χ1v) is 6.98. The van der Waals surface area contributed by atoms with Gasteiger partial charge >= 0.3 is 0 Å². The van der Waals surface area contributed by atoms with Gasteiger partial charge in [0.25, 0.3) is 0 Å². The zero-order valence-electron chi connectivity index (χ0n) is 11.6. The van der Waals surface area contributed by atoms with Gasteiger partial charge in [-0.15, -0.1) is 0 Å². The van der Waals surface area contributed by atoms with Gasteiger partial charge in [-0.25, -0.2) is 0 Å². The number of aliphatic hydroxyl groups is 1. The summed E-state index contributed by atoms with van der Waals surface area (Å²) in [6.07, 6.45) is 6.56. The molecule has 1 aliphatic heterocycles. The molecule has 1 rings (SSSR count). The summed E-state index contributed by atoms with van der Waals surface area (Å²) in [5.74, 6) is -0.374. The van der Waals surface area contributed by atoms with Gasteiger partial charge in [-0.05, 0) is 12.8 Å². The molecule has 17 heavy (non-hydrogen) atoms. The third kappa shape index (κ3) is 4.23. The van der Waals surface area contributed by atoms with Crippen molar-refractivity contribution in [3.05, 3.63) is 0 Å². The molecule has 1 N–H and O–H groups in total. The third-order valence-electron chi connectivity index (χ3n) is 3.57. The van der Waals surface area contributed by atoms with Crippen LogP contribution in [0.2, 0.25) is 0 Å². The van der Waals surface area contributed by atoms with Crippen LogP contribution in [0.5, 0.6) is 0 Å². The minimum atomic E-state index is -0.374. The number of unbranched alkanes of at least 4 members (excludes halogenated alkanes) is 2. The molecule has 0 atom stereocenters. The maximum atomic E-state index is 9.31. The summed E-state index contributed by atoms with van der Waals surface area (Å²) in [4.78, 5) is 0. The van der Waals surface area contributed by atoms with Crippen LogP contribution in [0.15, 0.2) is 0 Å². The fraction of sp³-hybridized carbons (Fsp3) is 1.00. The molecule has 3 heteroatoms. The minimum Gasteiger partial charge on any atom is -0.396 e. The molecule has 0 saturated carbocycles. The van der Waals surface area contributed by atoms with Gasteiger partial charge in [0.1, 0.15) is 0 Å². The summed E-state index contributed by atoms with van der Waals surface area (Å²) < 4.78 is 12.0. The van der Waals surface area contributed by atoms with Gasteiger partial charge < -0.3 is 14.6 Å². The van der Waals surface area contributed by atoms with Gasteiger partial charge in [0.15, 0.2) is 5.79 Å². The van der Waals surface area contributed by atoms with E-state index in [1.807, 2.05) is 6.92 Å². The molecule has 0 unspecified atom stereocenters. The van der Waals surface area contributed by atoms with E-state index in [2.05, 4.69) is 13.8 Å². The summed E-state index contributed by atoms with van der Waals surface area (Å²) in [6.45, 7) is 7.73. The fourth-order valence-corrected chi connectivity index (χ4v) is 2.09. The van der Waals surface area contributed by atoms with E-state index in [1.165, 1.54) is 0 Å². The first-order chi connectivity index (χ1) is 8.10. The fourth-order valence-electron chi connectivity index (χ4n) is 2.09. The Balaban J connectivity index is 2.54. The van der Waals surface area contributed by atoms with Crippen LogP contribution in [0, 0.1) is 5.41 Å². The topological polar surface area (TPSA) is 38.7 Å². The molecule has 0 bridgehead atoms. The van der Waals surface area contributed by atoms with Crippen LogP contribution < -0.4 is 0 Å². The number of ether oxygens (including phenoxy) is 2. The van der Waals surface area contributed by atoms with Gasteiger partial charge in [-0.3, -0.25) is 0 Å². The Morgan fingerprint density at radius 2 is 1.47 bits per heavy atom. The third-order valence-corrected chi connectivity index (χ3v) is 3.57. The molecule has 3 nitrogen and oxygen atoms in total. The van der Waals surface area contributed by atoms with Crippen molar-refractivity contribution in [2.24, 2.45) is 5.41 Å². The van der Waals surface area contributed by atoms with Crippen LogP contribution in [0.4, 0.5) is 0 Å². The van der Waals surface area contributed by atoms with E-state index in [-0.39, 0.29) is 17.8 Å². The van der Waals surface area contributed by atoms with Crippen LogP contribution in [-0.4, -0.2) is 30.7 Å². The summed E-state index contributed by atoms with van der Waals surface area (Å²) in [5, 5.41) is 9.31. The molecule has 0 spiro atoms. The molecule has 1 fully saturated rings. The van der Waals surface area contributed by atoms with Crippen molar-refractivity contribution in [1.29, 1.82) is 0 Å². The van der Waals surface area contributed by atoms with Crippen LogP contribution >= 0.6 is 0 Å². The van der Waals surface area contributed by atoms with Crippen LogP contribution in [-0.2, 0) is 9.47 Å². The second-order valence-corrected chi connectivity index (χ2v) is 5.66. The largest absolute Gasteiger partial charge is 0.396 e. The zero-order valence-corrected chi connectivity index (χ0v) is 11.6. The van der Waals surface area contributed by atoms with Gasteiger partial charge in [0.05, 0.1) is 19.8 Å². The molecule has 0 aliphatic carbocycles. The van der Waals surface area contributed by atoms with Crippen LogP contribution in [0.1, 0.15) is 59.3 Å². The summed E-state index contributed by atoms with van der Waals surface area (Å²) >= 11 is 0. The monoisotopic (exact) mass is 244 g/mol. The molecular formula is C14H28O3. The highest BCUT2D eigenvalue weighted by atomic mass is 16.7. The number of hydrogen-bond acceptors (Lipinski definition) is 3. The van der Waals surface area contributed by atoms with Crippen molar-refractivity contribution < 1.29 is 14.6 Å². The van der Waals surface area contributed by atoms with E-state index in [1.54, 1.807) is 0 Å². The molecule has 1 saturated heterocycles. The Labute approximate surface area is 105 Å². The van der Waals surface area contributed by atoms with Crippen molar-refractivity contribution in [2.45, 2.75) is 65.1 Å². The van der Waals surface area contributed by atoms with Crippen molar-refractivity contribution >= 4 is 0 Å². The molecule has 0 radical (unpaired) electrons. The quantitative estimate of drug-likeness (QED) is 0.748. The maximum Gasteiger partial charge on any atom is 0.168 e. The van der Waals surface area contributed by atoms with Crippen LogP contribution in [0.3, 0.4) is 0 Å². The highest BCUT2D eigenvalue weighted by Crippen LogP contribution is 2.36. The van der Waals surface area contributed by atoms with Crippen molar-refractivity contribution in [3.8, 4) is 0 Å². The highest BCUT2D eigenvalue weighted by molar-refractivity contribution is 4.82. The van der Waals surface area contributed by atoms with E-state index in [9.17, 15) is 5.11 Å². The van der Waals surface area contributed by atoms with Gasteiger partial charge in [0.2, 0.25) is 0 Å². The highest BCUT2D eigenvalue weighted by Gasteiger charge is 2.41. The molecule has 102 valence electrons. The average Bonchev–Trinajstić information content (AvgIpc) is 2.37. The van der Waals surface area contributed by atoms with E-state index >= 15 is 0 Å². The van der Waals surface area contributed by atoms with E-state index < -0.39 is 0 Å². The second-order valence-electron chi connectivity index (χ2n) is 5.66. The lowest BCUT2D eigenvalue weighted by molar-refractivity contribution is -0.311. The number of rotatable bonds is 7. The number of aliphatic hydroxyl groups excluding tert-OH is 1. The molecular weight excluding hydrogens is 216 g/mol. The summed E-state index contributed by atoms with van der Waals surface area (Å²) in [6, 6.07) is 0. The average molecular weight is 244 g/mol. The van der Waals surface area contributed by atoms with E-state index in [4.69, 9.17) is 9.47 Å². The minimum absolute atomic E-state index is 0.130. The Hall–Kier alpha value is -0.120. The normalized spacial score (nSPS) is 22.6. The zero-order chi connectivity index (χ0) is 12.8. The van der Waals surface area contributed by atoms with Gasteiger partial charge in [-0.2, -0.15) is 0 Å². The molecule has 0 amide bonds. The first kappa shape index (κ1) is 14.9. The summed E-state index contributed by atoms with van der Waals surface area (Å²) in [5.41, 5.74) is -0.220. The van der Waals surface area contributed by atoms with Crippen molar-refractivity contribution in [3.63, 3.8) is 0 Å². The molecule has 0 aromatic carbocycles. The standard InChI is InChI=1S/C14H28O3/c1-4-6-8-14(9-7-5-2)16-11-13(3,10-15)12-17-14/h15H,4-12H2,1-3H3. The predicted molar refractivity (Wildman–Crippen MR) is 68.9 cm³/mol. The predicted octanol–water partition coefficient (Wildman–Crippen LogP) is 3.11. The Morgan fingerprint density at radius 1 is 1.00 bits per heavy atom. The molecule has 1 heterocycles. The molecule has 1 aliphatic rings. The number of hydrogen-bond donors (Lipinski definition) is 1. The lowest BCUT2D eigenvalue weighted by Crippen LogP contribution is -2.50. The first-order valence-electron chi connectivity index (χ1n) is 6.98. The lowest BCUT2D eigenvalue weighted by Gasteiger charge is -2.44. The van der Waals surface area contributed by atoms with Gasteiger partial charge in [0, 0.05) is 18.3 Å². The Morgan fingerprint density at radius 3 is 1.82 bits per heavy atom. The Kier molecular flexibility index (Phi) is 5.90. The van der Waals surface area contributed by atoms with Crippen molar-refractivity contribution in [1.82, 2.24) is 0 Å². The maximum absolute atomic E-state index is 9.31. The van der Waals surface area contributed by atoms with E-state index in [0.29, 0.717) is 13.2 Å². The molecule has 0 aromatic rings. The van der Waals surface area contributed by atoms with Crippen LogP contribution in [0.25, 0.3) is 0 Å².